The standard InChI is InChI=1S/C13H27N5O/c1-12(2,3)18-8-11(15-16-18)7-14-9-13(4,19)10-17(5)6/h8,14,19H,7,9-10H2,1-6H3. The van der Waals surface area contributed by atoms with Gasteiger partial charge in [-0.2, -0.15) is 0 Å². The first kappa shape index (κ1) is 16.1. The van der Waals surface area contributed by atoms with Crippen molar-refractivity contribution < 1.29 is 5.11 Å². The van der Waals surface area contributed by atoms with Gasteiger partial charge in [0.2, 0.25) is 0 Å². The van der Waals surface area contributed by atoms with Gasteiger partial charge in [-0.15, -0.1) is 5.10 Å². The molecular formula is C13H27N5O. The summed E-state index contributed by atoms with van der Waals surface area (Å²) in [5.74, 6) is 0. The van der Waals surface area contributed by atoms with Gasteiger partial charge < -0.3 is 15.3 Å². The minimum absolute atomic E-state index is 0.0539. The summed E-state index contributed by atoms with van der Waals surface area (Å²) in [6.45, 7) is 9.83. The molecule has 19 heavy (non-hydrogen) atoms. The highest BCUT2D eigenvalue weighted by atomic mass is 16.3. The number of aromatic nitrogens is 3. The molecule has 0 radical (unpaired) electrons. The molecule has 6 heteroatoms. The van der Waals surface area contributed by atoms with Crippen LogP contribution in [0.15, 0.2) is 6.20 Å². The molecule has 1 unspecified atom stereocenters. The van der Waals surface area contributed by atoms with Crippen LogP contribution in [0.1, 0.15) is 33.4 Å². The van der Waals surface area contributed by atoms with Crippen LogP contribution < -0.4 is 5.32 Å². The first-order chi connectivity index (χ1) is 8.60. The second-order valence-electron chi connectivity index (χ2n) is 6.66. The molecule has 1 atom stereocenters. The Balaban J connectivity index is 2.43. The number of rotatable bonds is 6. The van der Waals surface area contributed by atoms with Gasteiger partial charge >= 0.3 is 0 Å². The van der Waals surface area contributed by atoms with Crippen molar-refractivity contribution >= 4 is 0 Å². The van der Waals surface area contributed by atoms with Crippen LogP contribution in [-0.2, 0) is 12.1 Å². The molecule has 0 aromatic carbocycles. The summed E-state index contributed by atoms with van der Waals surface area (Å²) in [6, 6.07) is 0. The molecule has 0 saturated heterocycles. The van der Waals surface area contributed by atoms with E-state index in [-0.39, 0.29) is 5.54 Å². The zero-order chi connectivity index (χ0) is 14.7. The summed E-state index contributed by atoms with van der Waals surface area (Å²) < 4.78 is 1.85. The minimum atomic E-state index is -0.747. The van der Waals surface area contributed by atoms with Crippen LogP contribution in [-0.4, -0.2) is 57.8 Å². The molecule has 0 bridgehead atoms. The van der Waals surface area contributed by atoms with E-state index in [1.807, 2.05) is 36.8 Å². The third-order valence-corrected chi connectivity index (χ3v) is 2.70. The highest BCUT2D eigenvalue weighted by Gasteiger charge is 2.21. The molecule has 0 saturated carbocycles. The van der Waals surface area contributed by atoms with E-state index >= 15 is 0 Å². The Bertz CT molecular complexity index is 392. The van der Waals surface area contributed by atoms with Crippen molar-refractivity contribution in [2.75, 3.05) is 27.2 Å². The fraction of sp³-hybridized carbons (Fsp3) is 0.846. The average Bonchev–Trinajstić information content (AvgIpc) is 2.62. The summed E-state index contributed by atoms with van der Waals surface area (Å²) in [7, 11) is 3.90. The predicted molar refractivity (Wildman–Crippen MR) is 75.9 cm³/mol. The van der Waals surface area contributed by atoms with Gasteiger partial charge in [0, 0.05) is 19.6 Å². The molecule has 1 heterocycles. The van der Waals surface area contributed by atoms with Crippen LogP contribution in [0.25, 0.3) is 0 Å². The van der Waals surface area contributed by atoms with Crippen LogP contribution in [0.4, 0.5) is 0 Å². The van der Waals surface area contributed by atoms with Crippen molar-refractivity contribution in [1.82, 2.24) is 25.2 Å². The Morgan fingerprint density at radius 1 is 1.32 bits per heavy atom. The first-order valence-corrected chi connectivity index (χ1v) is 6.60. The lowest BCUT2D eigenvalue weighted by Gasteiger charge is -2.27. The first-order valence-electron chi connectivity index (χ1n) is 6.60. The van der Waals surface area contributed by atoms with Crippen LogP contribution in [0.5, 0.6) is 0 Å². The summed E-state index contributed by atoms with van der Waals surface area (Å²) in [6.07, 6.45) is 1.94. The van der Waals surface area contributed by atoms with Gasteiger partial charge in [-0.25, -0.2) is 4.68 Å². The van der Waals surface area contributed by atoms with Crippen LogP contribution in [0.3, 0.4) is 0 Å². The second kappa shape index (κ2) is 5.98. The zero-order valence-electron chi connectivity index (χ0n) is 12.9. The number of likely N-dealkylation sites (N-methyl/N-ethyl adjacent to an activating group) is 1. The number of nitrogens with one attached hydrogen (secondary N) is 1. The molecule has 0 aliphatic rings. The lowest BCUT2D eigenvalue weighted by Crippen LogP contribution is -2.45. The Kier molecular flexibility index (Phi) is 5.06. The van der Waals surface area contributed by atoms with Crippen LogP contribution >= 0.6 is 0 Å². The van der Waals surface area contributed by atoms with Crippen LogP contribution in [0.2, 0.25) is 0 Å². The van der Waals surface area contributed by atoms with Gasteiger partial charge in [0.1, 0.15) is 0 Å². The van der Waals surface area contributed by atoms with Crippen molar-refractivity contribution in [3.8, 4) is 0 Å². The summed E-state index contributed by atoms with van der Waals surface area (Å²) in [5.41, 5.74) is 0.0844. The maximum Gasteiger partial charge on any atom is 0.0965 e. The van der Waals surface area contributed by atoms with Gasteiger partial charge in [0.05, 0.1) is 23.0 Å². The molecule has 2 N–H and O–H groups in total. The third kappa shape index (κ3) is 5.67. The number of hydrogen-bond donors (Lipinski definition) is 2. The molecule has 0 aliphatic heterocycles. The maximum atomic E-state index is 10.2. The van der Waals surface area contributed by atoms with Gasteiger partial charge in [0.15, 0.2) is 0 Å². The molecule has 110 valence electrons. The Labute approximate surface area is 115 Å². The van der Waals surface area contributed by atoms with Gasteiger partial charge in [-0.3, -0.25) is 0 Å². The Hall–Kier alpha value is -0.980. The molecule has 0 fully saturated rings. The van der Waals surface area contributed by atoms with Gasteiger partial charge in [0.25, 0.3) is 0 Å². The van der Waals surface area contributed by atoms with Crippen molar-refractivity contribution in [2.45, 2.75) is 45.4 Å². The molecule has 0 spiro atoms. The third-order valence-electron chi connectivity index (χ3n) is 2.70. The Morgan fingerprint density at radius 2 is 1.95 bits per heavy atom. The molecule has 1 aromatic heterocycles. The molecule has 1 aromatic rings. The fourth-order valence-corrected chi connectivity index (χ4v) is 1.90. The summed E-state index contributed by atoms with van der Waals surface area (Å²) in [5, 5.41) is 21.6. The average molecular weight is 269 g/mol. The van der Waals surface area contributed by atoms with E-state index in [1.54, 1.807) is 0 Å². The minimum Gasteiger partial charge on any atom is -0.388 e. The van der Waals surface area contributed by atoms with Crippen molar-refractivity contribution in [2.24, 2.45) is 0 Å². The van der Waals surface area contributed by atoms with E-state index in [0.717, 1.165) is 5.69 Å². The predicted octanol–water partition coefficient (Wildman–Crippen LogP) is 0.435. The lowest BCUT2D eigenvalue weighted by molar-refractivity contribution is 0.0335. The molecule has 1 rings (SSSR count). The van der Waals surface area contributed by atoms with E-state index in [4.69, 9.17) is 0 Å². The van der Waals surface area contributed by atoms with Crippen molar-refractivity contribution in [3.05, 3.63) is 11.9 Å². The fourth-order valence-electron chi connectivity index (χ4n) is 1.90. The summed E-state index contributed by atoms with van der Waals surface area (Å²) in [4.78, 5) is 1.97. The molecule has 0 aliphatic carbocycles. The highest BCUT2D eigenvalue weighted by Crippen LogP contribution is 2.11. The van der Waals surface area contributed by atoms with E-state index in [9.17, 15) is 5.11 Å². The normalized spacial score (nSPS) is 15.8. The maximum absolute atomic E-state index is 10.2. The number of aliphatic hydroxyl groups is 1. The zero-order valence-corrected chi connectivity index (χ0v) is 12.9. The number of nitrogens with zero attached hydrogens (tertiary/aromatic N) is 4. The van der Waals surface area contributed by atoms with E-state index in [0.29, 0.717) is 19.6 Å². The van der Waals surface area contributed by atoms with Crippen molar-refractivity contribution in [3.63, 3.8) is 0 Å². The molecule has 6 nitrogen and oxygen atoms in total. The van der Waals surface area contributed by atoms with E-state index < -0.39 is 5.60 Å². The largest absolute Gasteiger partial charge is 0.388 e. The van der Waals surface area contributed by atoms with Gasteiger partial charge in [-0.05, 0) is 41.8 Å². The number of hydrogen-bond acceptors (Lipinski definition) is 5. The van der Waals surface area contributed by atoms with E-state index in [2.05, 4.69) is 36.4 Å². The SMILES string of the molecule is CN(C)CC(C)(O)CNCc1cn(C(C)(C)C)nn1. The van der Waals surface area contributed by atoms with E-state index in [1.165, 1.54) is 0 Å². The monoisotopic (exact) mass is 269 g/mol. The smallest absolute Gasteiger partial charge is 0.0965 e. The Morgan fingerprint density at radius 3 is 2.42 bits per heavy atom. The molecular weight excluding hydrogens is 242 g/mol. The second-order valence-corrected chi connectivity index (χ2v) is 6.66. The lowest BCUT2D eigenvalue weighted by atomic mass is 10.1. The highest BCUT2D eigenvalue weighted by molar-refractivity contribution is 4.94. The van der Waals surface area contributed by atoms with Crippen molar-refractivity contribution in [1.29, 1.82) is 0 Å². The topological polar surface area (TPSA) is 66.2 Å². The van der Waals surface area contributed by atoms with Crippen LogP contribution in [0, 0.1) is 0 Å². The quantitative estimate of drug-likeness (QED) is 0.784. The molecule has 0 amide bonds. The summed E-state index contributed by atoms with van der Waals surface area (Å²) >= 11 is 0. The van der Waals surface area contributed by atoms with Gasteiger partial charge in [-0.1, -0.05) is 5.21 Å².